The van der Waals surface area contributed by atoms with Gasteiger partial charge >= 0.3 is 0 Å². The molecule has 2 nitrogen and oxygen atoms in total. The molecule has 0 aliphatic carbocycles. The zero-order chi connectivity index (χ0) is 10.4. The average Bonchev–Trinajstić information content (AvgIpc) is 2.19. The summed E-state index contributed by atoms with van der Waals surface area (Å²) in [6.45, 7) is 3.04. The van der Waals surface area contributed by atoms with Crippen LogP contribution in [0.5, 0.6) is 0 Å². The maximum absolute atomic E-state index is 8.81. The first-order valence-electron chi connectivity index (χ1n) is 4.76. The van der Waals surface area contributed by atoms with E-state index in [1.54, 1.807) is 0 Å². The zero-order valence-corrected chi connectivity index (χ0v) is 8.38. The van der Waals surface area contributed by atoms with Crippen molar-refractivity contribution in [1.82, 2.24) is 0 Å². The fourth-order valence-electron chi connectivity index (χ4n) is 1.34. The maximum Gasteiger partial charge on any atom is 0.0501 e. The first-order chi connectivity index (χ1) is 6.81. The van der Waals surface area contributed by atoms with Crippen molar-refractivity contribution in [2.45, 2.75) is 13.3 Å². The Kier molecular flexibility index (Phi) is 4.03. The third-order valence-electron chi connectivity index (χ3n) is 2.01. The van der Waals surface area contributed by atoms with Crippen molar-refractivity contribution in [3.8, 4) is 12.3 Å². The Bertz CT molecular complexity index is 339. The summed E-state index contributed by atoms with van der Waals surface area (Å²) in [5, 5.41) is 12.0. The summed E-state index contributed by atoms with van der Waals surface area (Å²) in [6.07, 6.45) is 6.04. The Morgan fingerprint density at radius 2 is 2.29 bits per heavy atom. The maximum atomic E-state index is 8.81. The van der Waals surface area contributed by atoms with Crippen LogP contribution in [0.25, 0.3) is 0 Å². The largest absolute Gasteiger partial charge is 0.396 e. The molecule has 2 N–H and O–H groups in total. The molecule has 0 radical (unpaired) electrons. The Hall–Kier alpha value is -1.46. The SMILES string of the molecule is C#Cc1ccc(CCO)cc1NCC. The van der Waals surface area contributed by atoms with E-state index in [4.69, 9.17) is 11.5 Å². The lowest BCUT2D eigenvalue weighted by Crippen LogP contribution is -2.01. The monoisotopic (exact) mass is 189 g/mol. The Morgan fingerprint density at radius 3 is 2.86 bits per heavy atom. The highest BCUT2D eigenvalue weighted by molar-refractivity contribution is 5.59. The number of anilines is 1. The lowest BCUT2D eigenvalue weighted by atomic mass is 10.1. The van der Waals surface area contributed by atoms with Gasteiger partial charge in [-0.05, 0) is 31.0 Å². The van der Waals surface area contributed by atoms with Gasteiger partial charge in [0.1, 0.15) is 0 Å². The van der Waals surface area contributed by atoms with E-state index in [-0.39, 0.29) is 6.61 Å². The minimum atomic E-state index is 0.168. The van der Waals surface area contributed by atoms with Gasteiger partial charge in [-0.1, -0.05) is 12.0 Å². The van der Waals surface area contributed by atoms with Crippen LogP contribution in [0.3, 0.4) is 0 Å². The van der Waals surface area contributed by atoms with E-state index in [0.717, 1.165) is 23.4 Å². The molecular formula is C12H15NO. The molecule has 1 aromatic carbocycles. The van der Waals surface area contributed by atoms with Crippen LogP contribution in [-0.4, -0.2) is 18.3 Å². The van der Waals surface area contributed by atoms with Crippen molar-refractivity contribution < 1.29 is 5.11 Å². The van der Waals surface area contributed by atoms with Crippen LogP contribution in [-0.2, 0) is 6.42 Å². The van der Waals surface area contributed by atoms with Gasteiger partial charge in [0.2, 0.25) is 0 Å². The van der Waals surface area contributed by atoms with E-state index in [1.165, 1.54) is 0 Å². The summed E-state index contributed by atoms with van der Waals surface area (Å²) in [5.41, 5.74) is 2.94. The van der Waals surface area contributed by atoms with Gasteiger partial charge in [0.25, 0.3) is 0 Å². The van der Waals surface area contributed by atoms with Crippen molar-refractivity contribution in [2.75, 3.05) is 18.5 Å². The molecule has 1 aromatic rings. The smallest absolute Gasteiger partial charge is 0.0501 e. The molecule has 2 heteroatoms. The topological polar surface area (TPSA) is 32.3 Å². The number of nitrogens with one attached hydrogen (secondary N) is 1. The summed E-state index contributed by atoms with van der Waals surface area (Å²) in [5.74, 6) is 2.62. The molecule has 0 bridgehead atoms. The van der Waals surface area contributed by atoms with Crippen molar-refractivity contribution in [1.29, 1.82) is 0 Å². The molecule has 0 spiro atoms. The van der Waals surface area contributed by atoms with E-state index in [9.17, 15) is 0 Å². The van der Waals surface area contributed by atoms with Crippen LogP contribution >= 0.6 is 0 Å². The number of aliphatic hydroxyl groups excluding tert-OH is 1. The molecule has 0 aliphatic rings. The minimum absolute atomic E-state index is 0.168. The predicted molar refractivity (Wildman–Crippen MR) is 59.3 cm³/mol. The lowest BCUT2D eigenvalue weighted by Gasteiger charge is -2.08. The normalized spacial score (nSPS) is 9.50. The molecule has 0 aliphatic heterocycles. The number of hydrogen-bond acceptors (Lipinski definition) is 2. The number of rotatable bonds is 4. The van der Waals surface area contributed by atoms with Gasteiger partial charge in [0, 0.05) is 18.7 Å². The van der Waals surface area contributed by atoms with Gasteiger partial charge in [-0.3, -0.25) is 0 Å². The Balaban J connectivity index is 2.96. The summed E-state index contributed by atoms with van der Waals surface area (Å²) in [4.78, 5) is 0. The molecule has 0 atom stereocenters. The highest BCUT2D eigenvalue weighted by atomic mass is 16.2. The molecule has 74 valence electrons. The first kappa shape index (κ1) is 10.6. The molecule has 0 aromatic heterocycles. The van der Waals surface area contributed by atoms with Crippen molar-refractivity contribution in [2.24, 2.45) is 0 Å². The van der Waals surface area contributed by atoms with E-state index in [0.29, 0.717) is 6.42 Å². The quantitative estimate of drug-likeness (QED) is 0.706. The fraction of sp³-hybridized carbons (Fsp3) is 0.333. The summed E-state index contributed by atoms with van der Waals surface area (Å²) >= 11 is 0. The number of hydrogen-bond donors (Lipinski definition) is 2. The third-order valence-corrected chi connectivity index (χ3v) is 2.01. The van der Waals surface area contributed by atoms with Crippen molar-refractivity contribution >= 4 is 5.69 Å². The van der Waals surface area contributed by atoms with Crippen LogP contribution in [0.4, 0.5) is 5.69 Å². The molecule has 0 fully saturated rings. The van der Waals surface area contributed by atoms with Crippen molar-refractivity contribution in [3.63, 3.8) is 0 Å². The van der Waals surface area contributed by atoms with Gasteiger partial charge in [0.05, 0.1) is 5.69 Å². The van der Waals surface area contributed by atoms with Crippen LogP contribution in [0.1, 0.15) is 18.1 Å². The van der Waals surface area contributed by atoms with Crippen molar-refractivity contribution in [3.05, 3.63) is 29.3 Å². The molecule has 0 saturated heterocycles. The van der Waals surface area contributed by atoms with Crippen LogP contribution < -0.4 is 5.32 Å². The first-order valence-corrected chi connectivity index (χ1v) is 4.76. The average molecular weight is 189 g/mol. The number of terminal acetylenes is 1. The van der Waals surface area contributed by atoms with Gasteiger partial charge < -0.3 is 10.4 Å². The second-order valence-electron chi connectivity index (χ2n) is 3.03. The van der Waals surface area contributed by atoms with E-state index in [1.807, 2.05) is 25.1 Å². The Morgan fingerprint density at radius 1 is 1.50 bits per heavy atom. The zero-order valence-electron chi connectivity index (χ0n) is 8.38. The summed E-state index contributed by atoms with van der Waals surface area (Å²) in [7, 11) is 0. The summed E-state index contributed by atoms with van der Waals surface area (Å²) < 4.78 is 0. The highest BCUT2D eigenvalue weighted by Crippen LogP contribution is 2.17. The van der Waals surface area contributed by atoms with Gasteiger partial charge in [-0.2, -0.15) is 0 Å². The number of benzene rings is 1. The second-order valence-corrected chi connectivity index (χ2v) is 3.03. The van der Waals surface area contributed by atoms with Gasteiger partial charge in [-0.25, -0.2) is 0 Å². The van der Waals surface area contributed by atoms with Gasteiger partial charge in [-0.15, -0.1) is 6.42 Å². The summed E-state index contributed by atoms with van der Waals surface area (Å²) in [6, 6.07) is 5.85. The molecule has 0 heterocycles. The molecule has 14 heavy (non-hydrogen) atoms. The second kappa shape index (κ2) is 5.31. The molecule has 0 amide bonds. The molecule has 0 unspecified atom stereocenters. The molecule has 0 saturated carbocycles. The Labute approximate surface area is 85.0 Å². The lowest BCUT2D eigenvalue weighted by molar-refractivity contribution is 0.299. The van der Waals surface area contributed by atoms with Crippen LogP contribution in [0.2, 0.25) is 0 Å². The molecular weight excluding hydrogens is 174 g/mol. The fourth-order valence-corrected chi connectivity index (χ4v) is 1.34. The minimum Gasteiger partial charge on any atom is -0.396 e. The van der Waals surface area contributed by atoms with E-state index in [2.05, 4.69) is 11.2 Å². The number of aliphatic hydroxyl groups is 1. The standard InChI is InChI=1S/C12H15NO/c1-3-11-6-5-10(7-8-14)9-12(11)13-4-2/h1,5-6,9,13-14H,4,7-8H2,2H3. The predicted octanol–water partition coefficient (Wildman–Crippen LogP) is 1.63. The van der Waals surface area contributed by atoms with E-state index < -0.39 is 0 Å². The molecule has 1 rings (SSSR count). The third kappa shape index (κ3) is 2.51. The van der Waals surface area contributed by atoms with Gasteiger partial charge in [0.15, 0.2) is 0 Å². The van der Waals surface area contributed by atoms with Crippen LogP contribution in [0, 0.1) is 12.3 Å². The highest BCUT2D eigenvalue weighted by Gasteiger charge is 2.00. The van der Waals surface area contributed by atoms with Crippen LogP contribution in [0.15, 0.2) is 18.2 Å². The van der Waals surface area contributed by atoms with E-state index >= 15 is 0 Å².